The summed E-state index contributed by atoms with van der Waals surface area (Å²) in [5.74, 6) is -2.40. The minimum absolute atomic E-state index is 0.0359. The van der Waals surface area contributed by atoms with Crippen LogP contribution < -0.4 is 0 Å². The lowest BCUT2D eigenvalue weighted by Gasteiger charge is -2.49. The Bertz CT molecular complexity index is 133. The van der Waals surface area contributed by atoms with Gasteiger partial charge in [-0.05, 0) is 18.8 Å². The number of hydrogen-bond acceptors (Lipinski definition) is 1. The van der Waals surface area contributed by atoms with E-state index in [2.05, 4.69) is 0 Å². The molecule has 0 atom stereocenters. The summed E-state index contributed by atoms with van der Waals surface area (Å²) in [5.41, 5.74) is 0. The average Bonchev–Trinajstić information content (AvgIpc) is 1.56. The molecule has 4 heteroatoms. The van der Waals surface area contributed by atoms with Crippen LogP contribution in [0.3, 0.4) is 0 Å². The first-order chi connectivity index (χ1) is 4.31. The second-order valence-corrected chi connectivity index (χ2v) is 7.49. The molecule has 0 aromatic heterocycles. The van der Waals surface area contributed by atoms with Crippen molar-refractivity contribution >= 4 is 10.2 Å². The Hall–Kier alpha value is 0.170. The third-order valence-electron chi connectivity index (χ3n) is 1.59. The van der Waals surface area contributed by atoms with Crippen molar-refractivity contribution in [3.05, 3.63) is 0 Å². The monoisotopic (exact) mass is 169 g/mol. The van der Waals surface area contributed by atoms with E-state index in [-0.39, 0.29) is 13.1 Å². The molecule has 0 radical (unpaired) electrons. The molecule has 0 amide bonds. The van der Waals surface area contributed by atoms with E-state index >= 15 is 0 Å². The van der Waals surface area contributed by atoms with Crippen molar-refractivity contribution in [1.29, 1.82) is 0 Å². The SMILES string of the molecule is CS(C)(C)N1CC(F)(F)C1. The molecule has 1 saturated heterocycles. The molecule has 1 rings (SSSR count). The smallest absolute Gasteiger partial charge is 0.256 e. The van der Waals surface area contributed by atoms with Crippen LogP contribution in [0.1, 0.15) is 0 Å². The molecule has 1 aliphatic rings. The molecule has 0 saturated carbocycles. The van der Waals surface area contributed by atoms with Gasteiger partial charge in [0, 0.05) is 0 Å². The molecule has 10 heavy (non-hydrogen) atoms. The molecule has 62 valence electrons. The lowest BCUT2D eigenvalue weighted by Crippen LogP contribution is -2.56. The van der Waals surface area contributed by atoms with Gasteiger partial charge in [-0.2, -0.15) is 10.2 Å². The van der Waals surface area contributed by atoms with Gasteiger partial charge in [-0.15, -0.1) is 0 Å². The maximum Gasteiger partial charge on any atom is 0.274 e. The van der Waals surface area contributed by atoms with Crippen LogP contribution in [0.15, 0.2) is 0 Å². The van der Waals surface area contributed by atoms with Crippen LogP contribution in [-0.4, -0.2) is 42.1 Å². The van der Waals surface area contributed by atoms with Gasteiger partial charge in [0.25, 0.3) is 5.92 Å². The molecule has 0 aromatic rings. The molecule has 0 N–H and O–H groups in total. The van der Waals surface area contributed by atoms with Crippen LogP contribution in [0.5, 0.6) is 0 Å². The summed E-state index contributed by atoms with van der Waals surface area (Å²) in [6.07, 6.45) is 6.09. The molecular formula is C6H13F2NS. The van der Waals surface area contributed by atoms with Crippen LogP contribution in [0.25, 0.3) is 0 Å². The van der Waals surface area contributed by atoms with Crippen molar-refractivity contribution in [1.82, 2.24) is 4.31 Å². The Morgan fingerprint density at radius 2 is 1.60 bits per heavy atom. The van der Waals surface area contributed by atoms with Gasteiger partial charge in [-0.1, -0.05) is 0 Å². The zero-order valence-corrected chi connectivity index (χ0v) is 7.34. The minimum atomic E-state index is -2.40. The van der Waals surface area contributed by atoms with Gasteiger partial charge in [0.15, 0.2) is 0 Å². The van der Waals surface area contributed by atoms with Gasteiger partial charge in [0.05, 0.1) is 13.1 Å². The molecule has 1 nitrogen and oxygen atoms in total. The van der Waals surface area contributed by atoms with Crippen LogP contribution in [0.4, 0.5) is 8.78 Å². The first-order valence-corrected chi connectivity index (χ1v) is 5.94. The van der Waals surface area contributed by atoms with Crippen molar-refractivity contribution in [3.8, 4) is 0 Å². The van der Waals surface area contributed by atoms with E-state index in [4.69, 9.17) is 0 Å². The van der Waals surface area contributed by atoms with Gasteiger partial charge >= 0.3 is 0 Å². The first-order valence-electron chi connectivity index (χ1n) is 3.12. The van der Waals surface area contributed by atoms with Crippen molar-refractivity contribution in [2.24, 2.45) is 0 Å². The van der Waals surface area contributed by atoms with Crippen molar-refractivity contribution < 1.29 is 8.78 Å². The van der Waals surface area contributed by atoms with E-state index in [1.54, 1.807) is 0 Å². The summed E-state index contributed by atoms with van der Waals surface area (Å²) >= 11 is 0. The fourth-order valence-electron chi connectivity index (χ4n) is 0.857. The number of hydrogen-bond donors (Lipinski definition) is 0. The van der Waals surface area contributed by atoms with E-state index in [9.17, 15) is 8.78 Å². The number of nitrogens with zero attached hydrogens (tertiary/aromatic N) is 1. The summed E-state index contributed by atoms with van der Waals surface area (Å²) in [7, 11) is -0.884. The van der Waals surface area contributed by atoms with E-state index in [0.29, 0.717) is 0 Å². The zero-order valence-electron chi connectivity index (χ0n) is 6.53. The van der Waals surface area contributed by atoms with Crippen LogP contribution in [0.2, 0.25) is 0 Å². The summed E-state index contributed by atoms with van der Waals surface area (Å²) < 4.78 is 26.4. The summed E-state index contributed by atoms with van der Waals surface area (Å²) in [6.45, 7) is -0.0718. The molecule has 0 bridgehead atoms. The Kier molecular flexibility index (Phi) is 1.72. The number of alkyl halides is 2. The predicted octanol–water partition coefficient (Wildman–Crippen LogP) is 1.55. The fourth-order valence-corrected chi connectivity index (χ4v) is 2.01. The normalized spacial score (nSPS) is 27.7. The highest BCUT2D eigenvalue weighted by molar-refractivity contribution is 8.30. The molecule has 0 unspecified atom stereocenters. The second-order valence-electron chi connectivity index (χ2n) is 3.43. The van der Waals surface area contributed by atoms with Gasteiger partial charge in [0.1, 0.15) is 0 Å². The fraction of sp³-hybridized carbons (Fsp3) is 1.00. The van der Waals surface area contributed by atoms with E-state index in [1.165, 1.54) is 0 Å². The molecule has 1 heterocycles. The van der Waals surface area contributed by atoms with Gasteiger partial charge < -0.3 is 0 Å². The Morgan fingerprint density at radius 3 is 1.70 bits per heavy atom. The quantitative estimate of drug-likeness (QED) is 0.575. The van der Waals surface area contributed by atoms with E-state index in [1.807, 2.05) is 23.1 Å². The van der Waals surface area contributed by atoms with Gasteiger partial charge in [-0.3, -0.25) is 4.31 Å². The Morgan fingerprint density at radius 1 is 1.20 bits per heavy atom. The second kappa shape index (κ2) is 2.08. The molecule has 1 aliphatic heterocycles. The van der Waals surface area contributed by atoms with Crippen LogP contribution >= 0.6 is 10.2 Å². The summed E-state index contributed by atoms with van der Waals surface area (Å²) in [6, 6.07) is 0. The predicted molar refractivity (Wildman–Crippen MR) is 41.9 cm³/mol. The molecular weight excluding hydrogens is 156 g/mol. The highest BCUT2D eigenvalue weighted by atomic mass is 32.3. The number of halogens is 2. The zero-order chi connectivity index (χ0) is 7.99. The highest BCUT2D eigenvalue weighted by Crippen LogP contribution is 2.47. The lowest BCUT2D eigenvalue weighted by atomic mass is 10.2. The van der Waals surface area contributed by atoms with Gasteiger partial charge in [-0.25, -0.2) is 8.78 Å². The summed E-state index contributed by atoms with van der Waals surface area (Å²) in [4.78, 5) is 0. The third kappa shape index (κ3) is 1.61. The lowest BCUT2D eigenvalue weighted by molar-refractivity contribution is -0.0921. The molecule has 1 fully saturated rings. The van der Waals surface area contributed by atoms with Crippen molar-refractivity contribution in [2.45, 2.75) is 5.92 Å². The van der Waals surface area contributed by atoms with Crippen LogP contribution in [0, 0.1) is 0 Å². The molecule has 0 aromatic carbocycles. The highest BCUT2D eigenvalue weighted by Gasteiger charge is 2.46. The molecule has 0 aliphatic carbocycles. The maximum atomic E-state index is 12.3. The topological polar surface area (TPSA) is 3.24 Å². The largest absolute Gasteiger partial charge is 0.274 e. The van der Waals surface area contributed by atoms with E-state index < -0.39 is 16.1 Å². The van der Waals surface area contributed by atoms with Crippen molar-refractivity contribution in [2.75, 3.05) is 31.9 Å². The van der Waals surface area contributed by atoms with Crippen molar-refractivity contribution in [3.63, 3.8) is 0 Å². The standard InChI is InChI=1S/C6H13F2NS/c1-10(2,3)9-4-6(7,8)5-9/h4-5H2,1-3H3. The molecule has 0 spiro atoms. The minimum Gasteiger partial charge on any atom is -0.256 e. The first kappa shape index (κ1) is 8.27. The summed E-state index contributed by atoms with van der Waals surface area (Å²) in [5, 5.41) is 0. The van der Waals surface area contributed by atoms with Gasteiger partial charge in [0.2, 0.25) is 0 Å². The van der Waals surface area contributed by atoms with E-state index in [0.717, 1.165) is 0 Å². The third-order valence-corrected chi connectivity index (χ3v) is 3.40. The maximum absolute atomic E-state index is 12.3. The Balaban J connectivity index is 2.40. The Labute approximate surface area is 61.8 Å². The number of rotatable bonds is 1. The van der Waals surface area contributed by atoms with Crippen LogP contribution in [-0.2, 0) is 0 Å². The average molecular weight is 169 g/mol.